The first-order valence-electron chi connectivity index (χ1n) is 7.59. The molecule has 0 N–H and O–H groups in total. The van der Waals surface area contributed by atoms with Crippen LogP contribution in [0.25, 0.3) is 0 Å². The summed E-state index contributed by atoms with van der Waals surface area (Å²) in [6.45, 7) is 5.97. The monoisotopic (exact) mass is 293 g/mol. The van der Waals surface area contributed by atoms with Crippen molar-refractivity contribution >= 4 is 17.5 Å². The van der Waals surface area contributed by atoms with Gasteiger partial charge < -0.3 is 4.90 Å². The van der Waals surface area contributed by atoms with E-state index in [2.05, 4.69) is 30.9 Å². The van der Waals surface area contributed by atoms with E-state index in [1.807, 2.05) is 12.1 Å². The second-order valence-electron chi connectivity index (χ2n) is 6.18. The van der Waals surface area contributed by atoms with Gasteiger partial charge in [0.2, 0.25) is 5.91 Å². The Kier molecular flexibility index (Phi) is 5.47. The summed E-state index contributed by atoms with van der Waals surface area (Å²) in [6, 6.07) is 8.09. The number of carbonyl (C=O) groups is 1. The summed E-state index contributed by atoms with van der Waals surface area (Å²) in [6.07, 6.45) is 4.13. The van der Waals surface area contributed by atoms with Crippen LogP contribution in [0.3, 0.4) is 0 Å². The Bertz CT molecular complexity index is 441. The lowest BCUT2D eigenvalue weighted by Gasteiger charge is -2.25. The molecule has 110 valence electrons. The fourth-order valence-corrected chi connectivity index (χ4v) is 2.98. The van der Waals surface area contributed by atoms with E-state index < -0.39 is 0 Å². The Labute approximate surface area is 127 Å². The van der Waals surface area contributed by atoms with Crippen LogP contribution in [0.4, 0.5) is 0 Å². The Morgan fingerprint density at radius 2 is 2.00 bits per heavy atom. The van der Waals surface area contributed by atoms with Gasteiger partial charge in [-0.05, 0) is 36.5 Å². The van der Waals surface area contributed by atoms with Crippen LogP contribution in [-0.2, 0) is 4.79 Å². The zero-order valence-corrected chi connectivity index (χ0v) is 13.2. The van der Waals surface area contributed by atoms with Crippen LogP contribution in [-0.4, -0.2) is 23.9 Å². The summed E-state index contributed by atoms with van der Waals surface area (Å²) in [5, 5.41) is 0.773. The maximum absolute atomic E-state index is 12.3. The SMILES string of the molecule is CC(C)CC(=O)N1CCCCC(c2ccc(Cl)cc2)C1. The van der Waals surface area contributed by atoms with Crippen molar-refractivity contribution in [3.05, 3.63) is 34.9 Å². The standard InChI is InChI=1S/C17H24ClNO/c1-13(2)11-17(20)19-10-4-3-5-15(12-19)14-6-8-16(18)9-7-14/h6-9,13,15H,3-5,10-12H2,1-2H3. The molecule has 1 amide bonds. The Balaban J connectivity index is 2.06. The summed E-state index contributed by atoms with van der Waals surface area (Å²) >= 11 is 5.95. The molecule has 1 aromatic carbocycles. The van der Waals surface area contributed by atoms with Gasteiger partial charge in [-0.2, -0.15) is 0 Å². The van der Waals surface area contributed by atoms with Crippen molar-refractivity contribution < 1.29 is 4.79 Å². The predicted molar refractivity (Wildman–Crippen MR) is 84.1 cm³/mol. The number of hydrogen-bond donors (Lipinski definition) is 0. The Morgan fingerprint density at radius 1 is 1.30 bits per heavy atom. The highest BCUT2D eigenvalue weighted by Crippen LogP contribution is 2.28. The molecule has 1 unspecified atom stereocenters. The fraction of sp³-hybridized carbons (Fsp3) is 0.588. The first-order chi connectivity index (χ1) is 9.56. The molecule has 0 saturated carbocycles. The summed E-state index contributed by atoms with van der Waals surface area (Å²) in [5.74, 6) is 1.19. The minimum atomic E-state index is 0.306. The van der Waals surface area contributed by atoms with Crippen molar-refractivity contribution in [1.82, 2.24) is 4.90 Å². The van der Waals surface area contributed by atoms with Crippen LogP contribution in [0, 0.1) is 5.92 Å². The van der Waals surface area contributed by atoms with Crippen LogP contribution >= 0.6 is 11.6 Å². The Morgan fingerprint density at radius 3 is 2.65 bits per heavy atom. The molecule has 2 nitrogen and oxygen atoms in total. The minimum Gasteiger partial charge on any atom is -0.342 e. The average molecular weight is 294 g/mol. The van der Waals surface area contributed by atoms with E-state index in [0.29, 0.717) is 24.2 Å². The molecule has 1 heterocycles. The molecule has 1 aromatic rings. The van der Waals surface area contributed by atoms with Crippen molar-refractivity contribution in [2.45, 2.75) is 45.4 Å². The minimum absolute atomic E-state index is 0.306. The van der Waals surface area contributed by atoms with Gasteiger partial charge in [-0.1, -0.05) is 44.0 Å². The molecule has 1 aliphatic rings. The van der Waals surface area contributed by atoms with Crippen LogP contribution < -0.4 is 0 Å². The molecule has 0 aromatic heterocycles. The molecular weight excluding hydrogens is 270 g/mol. The number of halogens is 1. The molecular formula is C17H24ClNO. The highest BCUT2D eigenvalue weighted by atomic mass is 35.5. The quantitative estimate of drug-likeness (QED) is 0.804. The van der Waals surface area contributed by atoms with Crippen LogP contribution in [0.1, 0.15) is 51.0 Å². The summed E-state index contributed by atoms with van der Waals surface area (Å²) in [4.78, 5) is 14.4. The van der Waals surface area contributed by atoms with Gasteiger partial charge in [0.1, 0.15) is 0 Å². The average Bonchev–Trinajstić information content (AvgIpc) is 2.64. The Hall–Kier alpha value is -1.02. The summed E-state index contributed by atoms with van der Waals surface area (Å²) in [5.41, 5.74) is 1.30. The summed E-state index contributed by atoms with van der Waals surface area (Å²) in [7, 11) is 0. The van der Waals surface area contributed by atoms with Gasteiger partial charge in [0.25, 0.3) is 0 Å². The van der Waals surface area contributed by atoms with E-state index in [0.717, 1.165) is 31.0 Å². The topological polar surface area (TPSA) is 20.3 Å². The van der Waals surface area contributed by atoms with E-state index in [1.54, 1.807) is 0 Å². The van der Waals surface area contributed by atoms with Crippen LogP contribution in [0.5, 0.6) is 0 Å². The van der Waals surface area contributed by atoms with Gasteiger partial charge in [0.05, 0.1) is 0 Å². The smallest absolute Gasteiger partial charge is 0.222 e. The number of nitrogens with zero attached hydrogens (tertiary/aromatic N) is 1. The van der Waals surface area contributed by atoms with Gasteiger partial charge in [-0.15, -0.1) is 0 Å². The second kappa shape index (κ2) is 7.12. The molecule has 1 atom stereocenters. The van der Waals surface area contributed by atoms with Gasteiger partial charge in [-0.3, -0.25) is 4.79 Å². The van der Waals surface area contributed by atoms with Gasteiger partial charge in [0.15, 0.2) is 0 Å². The molecule has 3 heteroatoms. The molecule has 0 bridgehead atoms. The largest absolute Gasteiger partial charge is 0.342 e. The van der Waals surface area contributed by atoms with Gasteiger partial charge in [0, 0.05) is 30.5 Å². The fourth-order valence-electron chi connectivity index (χ4n) is 2.85. The molecule has 0 spiro atoms. The third-order valence-corrected chi connectivity index (χ3v) is 4.20. The number of carbonyl (C=O) groups excluding carboxylic acids is 1. The van der Waals surface area contributed by atoms with E-state index in [9.17, 15) is 4.79 Å². The third-order valence-electron chi connectivity index (χ3n) is 3.95. The highest BCUT2D eigenvalue weighted by Gasteiger charge is 2.23. The lowest BCUT2D eigenvalue weighted by molar-refractivity contribution is -0.132. The number of amides is 1. The first-order valence-corrected chi connectivity index (χ1v) is 7.97. The lowest BCUT2D eigenvalue weighted by atomic mass is 9.94. The van der Waals surface area contributed by atoms with E-state index in [4.69, 9.17) is 11.6 Å². The molecule has 0 radical (unpaired) electrons. The zero-order valence-electron chi connectivity index (χ0n) is 12.4. The van der Waals surface area contributed by atoms with Crippen LogP contribution in [0.15, 0.2) is 24.3 Å². The maximum atomic E-state index is 12.3. The molecule has 1 saturated heterocycles. The van der Waals surface area contributed by atoms with Crippen molar-refractivity contribution in [3.8, 4) is 0 Å². The molecule has 2 rings (SSSR count). The number of hydrogen-bond acceptors (Lipinski definition) is 1. The first kappa shape index (κ1) is 15.4. The molecule has 20 heavy (non-hydrogen) atoms. The lowest BCUT2D eigenvalue weighted by Crippen LogP contribution is -2.34. The van der Waals surface area contributed by atoms with Crippen molar-refractivity contribution in [2.75, 3.05) is 13.1 Å². The third kappa shape index (κ3) is 4.24. The summed E-state index contributed by atoms with van der Waals surface area (Å²) < 4.78 is 0. The molecule has 1 aliphatic heterocycles. The van der Waals surface area contributed by atoms with E-state index >= 15 is 0 Å². The molecule has 0 aliphatic carbocycles. The number of benzene rings is 1. The zero-order chi connectivity index (χ0) is 14.5. The maximum Gasteiger partial charge on any atom is 0.222 e. The predicted octanol–water partition coefficient (Wildman–Crippen LogP) is 4.48. The molecule has 1 fully saturated rings. The number of rotatable bonds is 3. The van der Waals surface area contributed by atoms with E-state index in [1.165, 1.54) is 12.0 Å². The van der Waals surface area contributed by atoms with Crippen molar-refractivity contribution in [3.63, 3.8) is 0 Å². The normalized spacial score (nSPS) is 20.0. The second-order valence-corrected chi connectivity index (χ2v) is 6.62. The van der Waals surface area contributed by atoms with Gasteiger partial charge in [-0.25, -0.2) is 0 Å². The van der Waals surface area contributed by atoms with Crippen molar-refractivity contribution in [1.29, 1.82) is 0 Å². The number of likely N-dealkylation sites (tertiary alicyclic amines) is 1. The van der Waals surface area contributed by atoms with E-state index in [-0.39, 0.29) is 0 Å². The highest BCUT2D eigenvalue weighted by molar-refractivity contribution is 6.30. The van der Waals surface area contributed by atoms with Crippen LogP contribution in [0.2, 0.25) is 5.02 Å². The van der Waals surface area contributed by atoms with Gasteiger partial charge >= 0.3 is 0 Å². The van der Waals surface area contributed by atoms with Crippen molar-refractivity contribution in [2.24, 2.45) is 5.92 Å².